The number of hydrogen-bond acceptors (Lipinski definition) is 4. The average molecular weight is 815 g/mol. The second-order valence-corrected chi connectivity index (χ2v) is 17.9. The molecule has 0 bridgehead atoms. The molecular weight excluding hydrogens is 713 g/mol. The van der Waals surface area contributed by atoms with Gasteiger partial charge in [0.05, 0.1) is 0 Å². The number of nitrogens with two attached hydrogens (primary N) is 4. The number of allylic oxidation sites excluding steroid dienone is 4. The lowest BCUT2D eigenvalue weighted by molar-refractivity contribution is 0.207. The van der Waals surface area contributed by atoms with Gasteiger partial charge in [-0.1, -0.05) is 168 Å². The van der Waals surface area contributed by atoms with Gasteiger partial charge in [0.1, 0.15) is 0 Å². The molecule has 0 aliphatic carbocycles. The van der Waals surface area contributed by atoms with Crippen LogP contribution in [0.15, 0.2) is 34.3 Å². The van der Waals surface area contributed by atoms with E-state index in [9.17, 15) is 0 Å². The van der Waals surface area contributed by atoms with Gasteiger partial charge in [-0.2, -0.15) is 0 Å². The lowest BCUT2D eigenvalue weighted by Crippen LogP contribution is -2.34. The van der Waals surface area contributed by atoms with Gasteiger partial charge in [0, 0.05) is 26.2 Å². The first-order valence-electron chi connectivity index (χ1n) is 25.1. The zero-order valence-electron chi connectivity index (χ0n) is 39.4. The maximum absolute atomic E-state index is 5.66. The second kappa shape index (κ2) is 44.5. The summed E-state index contributed by atoms with van der Waals surface area (Å²) in [4.78, 5) is 14.0. The summed E-state index contributed by atoms with van der Waals surface area (Å²) in [6.45, 7) is 17.2. The lowest BCUT2D eigenvalue weighted by Gasteiger charge is -2.27. The molecule has 2 atom stereocenters. The van der Waals surface area contributed by atoms with Crippen molar-refractivity contribution in [1.82, 2.24) is 9.80 Å². The van der Waals surface area contributed by atoms with Crippen LogP contribution in [0.3, 0.4) is 0 Å². The Morgan fingerprint density at radius 1 is 0.379 bits per heavy atom. The Labute approximate surface area is 362 Å². The third-order valence-corrected chi connectivity index (χ3v) is 11.5. The summed E-state index contributed by atoms with van der Waals surface area (Å²) in [6.07, 6.45) is 49.8. The topological polar surface area (TPSA) is 135 Å². The molecule has 0 aromatic heterocycles. The van der Waals surface area contributed by atoms with Crippen LogP contribution in [0.5, 0.6) is 0 Å². The first-order chi connectivity index (χ1) is 28.3. The minimum Gasteiger partial charge on any atom is -0.370 e. The fraction of sp³-hybridized carbons (Fsp3) is 0.880. The van der Waals surface area contributed by atoms with Crippen molar-refractivity contribution in [3.8, 4) is 0 Å². The van der Waals surface area contributed by atoms with Crippen LogP contribution in [0, 0.1) is 11.8 Å². The summed E-state index contributed by atoms with van der Waals surface area (Å²) >= 11 is 0. The largest absolute Gasteiger partial charge is 0.370 e. The SMILES string of the molecule is CCCCCCCCC=CCCCCCCCCN(CCCCN(CCCCCCCCC=CCCCCCCCC)CC(C)CN=C(N)N)CC(C)CN=C(N)N. The standard InChI is InChI=1S/C50H102N8/c1-5-7-9-11-13-15-17-19-21-23-25-27-29-31-33-35-39-57(45-47(3)43-55-49(51)52)41-37-38-42-58(46-48(4)44-56-50(53)54)40-36-34-32-30-28-26-24-22-20-18-16-14-12-10-8-6-2/h19-22,47-48H,5-18,23-46H2,1-4H3,(H4,51,52,55)(H4,53,54,56). The second-order valence-electron chi connectivity index (χ2n) is 17.9. The lowest BCUT2D eigenvalue weighted by atomic mass is 10.1. The van der Waals surface area contributed by atoms with E-state index in [-0.39, 0.29) is 11.9 Å². The number of aliphatic imine (C=N–C) groups is 2. The van der Waals surface area contributed by atoms with E-state index in [4.69, 9.17) is 22.9 Å². The van der Waals surface area contributed by atoms with Gasteiger partial charge in [-0.05, 0) is 115 Å². The molecule has 0 aromatic carbocycles. The Morgan fingerprint density at radius 3 is 0.897 bits per heavy atom. The van der Waals surface area contributed by atoms with E-state index >= 15 is 0 Å². The number of unbranched alkanes of at least 4 members (excludes halogenated alkanes) is 25. The number of guanidine groups is 2. The summed E-state index contributed by atoms with van der Waals surface area (Å²) in [5.74, 6) is 1.27. The van der Waals surface area contributed by atoms with Gasteiger partial charge < -0.3 is 32.7 Å². The number of nitrogens with zero attached hydrogens (tertiary/aromatic N) is 4. The molecule has 0 radical (unpaired) electrons. The van der Waals surface area contributed by atoms with Crippen LogP contribution in [0.25, 0.3) is 0 Å². The van der Waals surface area contributed by atoms with Crippen molar-refractivity contribution in [3.05, 3.63) is 24.3 Å². The van der Waals surface area contributed by atoms with Crippen LogP contribution in [0.4, 0.5) is 0 Å². The van der Waals surface area contributed by atoms with E-state index in [1.54, 1.807) is 0 Å². The van der Waals surface area contributed by atoms with Crippen LogP contribution >= 0.6 is 0 Å². The van der Waals surface area contributed by atoms with E-state index in [0.717, 1.165) is 26.2 Å². The Hall–Kier alpha value is -2.06. The van der Waals surface area contributed by atoms with Gasteiger partial charge in [0.25, 0.3) is 0 Å². The molecule has 0 saturated carbocycles. The fourth-order valence-electron chi connectivity index (χ4n) is 7.94. The molecule has 0 amide bonds. The van der Waals surface area contributed by atoms with Gasteiger partial charge in [-0.25, -0.2) is 0 Å². The van der Waals surface area contributed by atoms with E-state index in [1.807, 2.05) is 0 Å². The molecule has 0 saturated heterocycles. The molecule has 0 aliphatic rings. The molecule has 0 aliphatic heterocycles. The van der Waals surface area contributed by atoms with E-state index in [2.05, 4.69) is 71.8 Å². The highest BCUT2D eigenvalue weighted by molar-refractivity contribution is 5.75. The highest BCUT2D eigenvalue weighted by atomic mass is 15.1. The smallest absolute Gasteiger partial charge is 0.185 e. The Kier molecular flexibility index (Phi) is 42.9. The summed E-state index contributed by atoms with van der Waals surface area (Å²) in [6, 6.07) is 0. The first kappa shape index (κ1) is 55.9. The zero-order chi connectivity index (χ0) is 42.6. The van der Waals surface area contributed by atoms with Crippen molar-refractivity contribution in [2.24, 2.45) is 44.8 Å². The highest BCUT2D eigenvalue weighted by Crippen LogP contribution is 2.14. The molecular formula is C50H102N8. The molecule has 0 rings (SSSR count). The van der Waals surface area contributed by atoms with Gasteiger partial charge in [-0.15, -0.1) is 0 Å². The van der Waals surface area contributed by atoms with E-state index in [1.165, 1.54) is 206 Å². The molecule has 342 valence electrons. The van der Waals surface area contributed by atoms with Gasteiger partial charge in [0.15, 0.2) is 11.9 Å². The molecule has 0 fully saturated rings. The molecule has 0 aromatic rings. The molecule has 8 N–H and O–H groups in total. The van der Waals surface area contributed by atoms with Gasteiger partial charge >= 0.3 is 0 Å². The third-order valence-electron chi connectivity index (χ3n) is 11.5. The zero-order valence-corrected chi connectivity index (χ0v) is 39.4. The minimum absolute atomic E-state index is 0.197. The highest BCUT2D eigenvalue weighted by Gasteiger charge is 2.13. The van der Waals surface area contributed by atoms with Crippen LogP contribution in [0.2, 0.25) is 0 Å². The molecule has 2 unspecified atom stereocenters. The monoisotopic (exact) mass is 815 g/mol. The van der Waals surface area contributed by atoms with Gasteiger partial charge in [-0.3, -0.25) is 9.98 Å². The summed E-state index contributed by atoms with van der Waals surface area (Å²) in [5.41, 5.74) is 22.6. The predicted molar refractivity (Wildman–Crippen MR) is 261 cm³/mol. The molecule has 0 heterocycles. The van der Waals surface area contributed by atoms with Crippen molar-refractivity contribution in [3.63, 3.8) is 0 Å². The van der Waals surface area contributed by atoms with Crippen LogP contribution in [-0.2, 0) is 0 Å². The van der Waals surface area contributed by atoms with Crippen LogP contribution < -0.4 is 22.9 Å². The summed E-state index contributed by atoms with van der Waals surface area (Å²) in [5, 5.41) is 0. The summed E-state index contributed by atoms with van der Waals surface area (Å²) in [7, 11) is 0. The van der Waals surface area contributed by atoms with Crippen molar-refractivity contribution in [1.29, 1.82) is 0 Å². The molecule has 0 spiro atoms. The Bertz CT molecular complexity index is 879. The minimum atomic E-state index is 0.197. The van der Waals surface area contributed by atoms with E-state index in [0.29, 0.717) is 24.9 Å². The summed E-state index contributed by atoms with van der Waals surface area (Å²) < 4.78 is 0. The molecule has 58 heavy (non-hydrogen) atoms. The quantitative estimate of drug-likeness (QED) is 0.0209. The molecule has 8 heteroatoms. The van der Waals surface area contributed by atoms with Crippen molar-refractivity contribution >= 4 is 11.9 Å². The Morgan fingerprint density at radius 2 is 0.621 bits per heavy atom. The predicted octanol–water partition coefficient (Wildman–Crippen LogP) is 12.3. The number of rotatable bonds is 45. The van der Waals surface area contributed by atoms with Crippen molar-refractivity contribution < 1.29 is 0 Å². The maximum atomic E-state index is 5.66. The number of hydrogen-bond donors (Lipinski definition) is 4. The molecule has 8 nitrogen and oxygen atoms in total. The third kappa shape index (κ3) is 43.5. The van der Waals surface area contributed by atoms with Crippen molar-refractivity contribution in [2.75, 3.05) is 52.4 Å². The maximum Gasteiger partial charge on any atom is 0.185 e. The van der Waals surface area contributed by atoms with E-state index < -0.39 is 0 Å². The fourth-order valence-corrected chi connectivity index (χ4v) is 7.94. The van der Waals surface area contributed by atoms with Crippen molar-refractivity contribution in [2.45, 2.75) is 220 Å². The Balaban J connectivity index is 4.54. The average Bonchev–Trinajstić information content (AvgIpc) is 3.20. The normalized spacial score (nSPS) is 13.0. The van der Waals surface area contributed by atoms with Gasteiger partial charge in [0.2, 0.25) is 0 Å². The van der Waals surface area contributed by atoms with Crippen LogP contribution in [-0.4, -0.2) is 74.1 Å². The first-order valence-corrected chi connectivity index (χ1v) is 25.1. The van der Waals surface area contributed by atoms with Crippen LogP contribution in [0.1, 0.15) is 220 Å².